The van der Waals surface area contributed by atoms with Crippen LogP contribution in [0.25, 0.3) is 11.0 Å². The van der Waals surface area contributed by atoms with Crippen molar-refractivity contribution in [3.8, 4) is 0 Å². The number of benzene rings is 2. The molecule has 3 aromatic rings. The molecule has 1 amide bonds. The number of nitrogens with zero attached hydrogens (tertiary/aromatic N) is 3. The van der Waals surface area contributed by atoms with Gasteiger partial charge in [-0.1, -0.05) is 24.3 Å². The number of rotatable bonds is 4. The molecule has 0 bridgehead atoms. The molecule has 30 heavy (non-hydrogen) atoms. The summed E-state index contributed by atoms with van der Waals surface area (Å²) in [7, 11) is 1.78. The van der Waals surface area contributed by atoms with Crippen LogP contribution in [0.3, 0.4) is 0 Å². The predicted octanol–water partition coefficient (Wildman–Crippen LogP) is 3.94. The molecule has 1 atom stereocenters. The van der Waals surface area contributed by atoms with Gasteiger partial charge >= 0.3 is 5.97 Å². The maximum absolute atomic E-state index is 12.7. The van der Waals surface area contributed by atoms with E-state index in [1.165, 1.54) is 11.1 Å². The van der Waals surface area contributed by atoms with Gasteiger partial charge in [0.2, 0.25) is 0 Å². The van der Waals surface area contributed by atoms with Crippen molar-refractivity contribution in [2.45, 2.75) is 39.2 Å². The first-order chi connectivity index (χ1) is 14.4. The lowest BCUT2D eigenvalue weighted by atomic mass is 9.87. The monoisotopic (exact) mass is 403 g/mol. The zero-order valence-corrected chi connectivity index (χ0v) is 17.5. The third kappa shape index (κ3) is 3.90. The highest BCUT2D eigenvalue weighted by Crippen LogP contribution is 2.33. The lowest BCUT2D eigenvalue weighted by Crippen LogP contribution is -2.36. The van der Waals surface area contributed by atoms with Gasteiger partial charge in [-0.05, 0) is 62.4 Å². The first-order valence-corrected chi connectivity index (χ1v) is 10.2. The summed E-state index contributed by atoms with van der Waals surface area (Å²) in [6.45, 7) is 3.49. The van der Waals surface area contributed by atoms with E-state index in [9.17, 15) is 9.59 Å². The summed E-state index contributed by atoms with van der Waals surface area (Å²) < 4.78 is 5.31. The van der Waals surface area contributed by atoms with Crippen molar-refractivity contribution in [3.05, 3.63) is 70.5 Å². The lowest BCUT2D eigenvalue weighted by Gasteiger charge is -2.33. The van der Waals surface area contributed by atoms with E-state index in [4.69, 9.17) is 4.74 Å². The van der Waals surface area contributed by atoms with Crippen LogP contribution in [-0.2, 0) is 16.0 Å². The SMILES string of the molecule is Cc1nc2ccc(C(=O)OCC(=O)N(C)[C@H]3CCCc4ccccc43)cc2nc1C. The Hall–Kier alpha value is -3.28. The molecule has 0 aliphatic heterocycles. The van der Waals surface area contributed by atoms with Gasteiger partial charge in [-0.2, -0.15) is 0 Å². The predicted molar refractivity (Wildman–Crippen MR) is 114 cm³/mol. The largest absolute Gasteiger partial charge is 0.452 e. The number of aromatic nitrogens is 2. The molecule has 6 heteroatoms. The molecule has 154 valence electrons. The molecule has 0 saturated carbocycles. The average molecular weight is 403 g/mol. The minimum absolute atomic E-state index is 0.0170. The van der Waals surface area contributed by atoms with Crippen molar-refractivity contribution in [1.29, 1.82) is 0 Å². The van der Waals surface area contributed by atoms with Gasteiger partial charge in [-0.15, -0.1) is 0 Å². The Morgan fingerprint density at radius 2 is 1.80 bits per heavy atom. The fraction of sp³-hybridized carbons (Fsp3) is 0.333. The number of esters is 1. The molecule has 0 saturated heterocycles. The molecule has 1 aliphatic carbocycles. The van der Waals surface area contributed by atoms with E-state index in [2.05, 4.69) is 22.1 Å². The van der Waals surface area contributed by atoms with Gasteiger partial charge in [0, 0.05) is 7.05 Å². The minimum Gasteiger partial charge on any atom is -0.452 e. The van der Waals surface area contributed by atoms with E-state index in [1.54, 1.807) is 30.1 Å². The van der Waals surface area contributed by atoms with Crippen LogP contribution in [0.2, 0.25) is 0 Å². The highest BCUT2D eigenvalue weighted by Gasteiger charge is 2.27. The molecule has 1 aromatic heterocycles. The third-order valence-corrected chi connectivity index (χ3v) is 5.84. The molecule has 2 aromatic carbocycles. The van der Waals surface area contributed by atoms with Crippen LogP contribution in [0.1, 0.15) is 51.8 Å². The Morgan fingerprint density at radius 3 is 2.60 bits per heavy atom. The number of likely N-dealkylation sites (N-methyl/N-ethyl adjacent to an activating group) is 1. The van der Waals surface area contributed by atoms with Gasteiger partial charge in [0.15, 0.2) is 6.61 Å². The van der Waals surface area contributed by atoms with Gasteiger partial charge in [-0.3, -0.25) is 4.79 Å². The zero-order valence-electron chi connectivity index (χ0n) is 17.5. The Balaban J connectivity index is 1.43. The van der Waals surface area contributed by atoms with Crippen LogP contribution < -0.4 is 0 Å². The number of hydrogen-bond acceptors (Lipinski definition) is 5. The highest BCUT2D eigenvalue weighted by atomic mass is 16.5. The number of hydrogen-bond donors (Lipinski definition) is 0. The lowest BCUT2D eigenvalue weighted by molar-refractivity contribution is -0.135. The first kappa shape index (κ1) is 20.0. The number of aryl methyl sites for hydroxylation is 3. The summed E-state index contributed by atoms with van der Waals surface area (Å²) >= 11 is 0. The standard InChI is InChI=1S/C24H25N3O3/c1-15-16(2)26-21-13-18(11-12-20(21)25-15)24(29)30-14-23(28)27(3)22-10-6-8-17-7-4-5-9-19(17)22/h4-5,7,9,11-13,22H,6,8,10,14H2,1-3H3/t22-/m0/s1. The van der Waals surface area contributed by atoms with Crippen LogP contribution in [-0.4, -0.2) is 40.4 Å². The molecule has 1 heterocycles. The van der Waals surface area contributed by atoms with E-state index < -0.39 is 5.97 Å². The topological polar surface area (TPSA) is 72.4 Å². The van der Waals surface area contributed by atoms with Crippen molar-refractivity contribution in [2.24, 2.45) is 0 Å². The Morgan fingerprint density at radius 1 is 1.07 bits per heavy atom. The molecule has 4 rings (SSSR count). The number of carbonyl (C=O) groups excluding carboxylic acids is 2. The van der Waals surface area contributed by atoms with Crippen LogP contribution in [0.4, 0.5) is 0 Å². The average Bonchev–Trinajstić information content (AvgIpc) is 2.76. The molecule has 1 aliphatic rings. The van der Waals surface area contributed by atoms with Gasteiger partial charge < -0.3 is 9.64 Å². The summed E-state index contributed by atoms with van der Waals surface area (Å²) in [5, 5.41) is 0. The summed E-state index contributed by atoms with van der Waals surface area (Å²) in [5.41, 5.74) is 5.86. The van der Waals surface area contributed by atoms with E-state index >= 15 is 0 Å². The van der Waals surface area contributed by atoms with Crippen molar-refractivity contribution in [1.82, 2.24) is 14.9 Å². The molecule has 0 N–H and O–H groups in total. The second-order valence-corrected chi connectivity index (χ2v) is 7.79. The van der Waals surface area contributed by atoms with E-state index in [0.717, 1.165) is 36.2 Å². The van der Waals surface area contributed by atoms with E-state index in [1.807, 2.05) is 26.0 Å². The van der Waals surface area contributed by atoms with Gasteiger partial charge in [0.1, 0.15) is 0 Å². The van der Waals surface area contributed by atoms with Crippen molar-refractivity contribution in [2.75, 3.05) is 13.7 Å². The first-order valence-electron chi connectivity index (χ1n) is 10.2. The quantitative estimate of drug-likeness (QED) is 0.617. The zero-order chi connectivity index (χ0) is 21.3. The van der Waals surface area contributed by atoms with E-state index in [0.29, 0.717) is 11.1 Å². The second-order valence-electron chi connectivity index (χ2n) is 7.79. The number of carbonyl (C=O) groups is 2. The molecule has 6 nitrogen and oxygen atoms in total. The summed E-state index contributed by atoms with van der Waals surface area (Å²) in [6, 6.07) is 13.3. The molecule has 0 radical (unpaired) electrons. The molecule has 0 spiro atoms. The molecule has 0 unspecified atom stereocenters. The van der Waals surface area contributed by atoms with Crippen LogP contribution in [0.5, 0.6) is 0 Å². The van der Waals surface area contributed by atoms with Crippen LogP contribution in [0, 0.1) is 13.8 Å². The van der Waals surface area contributed by atoms with E-state index in [-0.39, 0.29) is 18.6 Å². The molecule has 0 fully saturated rings. The summed E-state index contributed by atoms with van der Waals surface area (Å²) in [5.74, 6) is -0.750. The maximum atomic E-state index is 12.7. The van der Waals surface area contributed by atoms with Gasteiger partial charge in [-0.25, -0.2) is 14.8 Å². The normalized spacial score (nSPS) is 15.5. The summed E-state index contributed by atoms with van der Waals surface area (Å²) in [6.07, 6.45) is 2.99. The second kappa shape index (κ2) is 8.22. The molecular weight excluding hydrogens is 378 g/mol. The van der Waals surface area contributed by atoms with Gasteiger partial charge in [0.05, 0.1) is 34.0 Å². The Kier molecular flexibility index (Phi) is 5.48. The number of ether oxygens (including phenoxy) is 1. The van der Waals surface area contributed by atoms with Crippen molar-refractivity contribution < 1.29 is 14.3 Å². The van der Waals surface area contributed by atoms with Crippen molar-refractivity contribution >= 4 is 22.9 Å². The minimum atomic E-state index is -0.539. The molecular formula is C24H25N3O3. The van der Waals surface area contributed by atoms with Crippen LogP contribution >= 0.6 is 0 Å². The fourth-order valence-corrected chi connectivity index (χ4v) is 3.97. The van der Waals surface area contributed by atoms with Gasteiger partial charge in [0.25, 0.3) is 5.91 Å². The number of amides is 1. The Bertz CT molecular complexity index is 1130. The smallest absolute Gasteiger partial charge is 0.338 e. The Labute approximate surface area is 175 Å². The fourth-order valence-electron chi connectivity index (χ4n) is 3.97. The third-order valence-electron chi connectivity index (χ3n) is 5.84. The van der Waals surface area contributed by atoms with Crippen LogP contribution in [0.15, 0.2) is 42.5 Å². The summed E-state index contributed by atoms with van der Waals surface area (Å²) in [4.78, 5) is 35.9. The highest BCUT2D eigenvalue weighted by molar-refractivity contribution is 5.94. The number of fused-ring (bicyclic) bond motifs is 2. The van der Waals surface area contributed by atoms with Crippen molar-refractivity contribution in [3.63, 3.8) is 0 Å². The maximum Gasteiger partial charge on any atom is 0.338 e.